The van der Waals surface area contributed by atoms with Crippen LogP contribution in [0.15, 0.2) is 71.6 Å². The first-order chi connectivity index (χ1) is 14.2. The zero-order chi connectivity index (χ0) is 21.7. The van der Waals surface area contributed by atoms with E-state index in [1.165, 1.54) is 16.6 Å². The number of nitrogens with one attached hydrogen (secondary N) is 2. The van der Waals surface area contributed by atoms with Gasteiger partial charge in [-0.25, -0.2) is 0 Å². The van der Waals surface area contributed by atoms with E-state index in [4.69, 9.17) is 5.14 Å². The number of benzene rings is 3. The molecule has 0 spiro atoms. The number of amides is 2. The summed E-state index contributed by atoms with van der Waals surface area (Å²) in [6.07, 6.45) is 0. The van der Waals surface area contributed by atoms with E-state index < -0.39 is 10.0 Å². The average molecular weight is 488 g/mol. The summed E-state index contributed by atoms with van der Waals surface area (Å²) in [6, 6.07) is 20.0. The molecular weight excluding hydrogens is 465 g/mol. The van der Waals surface area contributed by atoms with Gasteiger partial charge in [0.05, 0.1) is 0 Å². The Hall–Kier alpha value is -2.64. The minimum absolute atomic E-state index is 0.119. The van der Waals surface area contributed by atoms with Gasteiger partial charge in [-0.3, -0.25) is 0 Å². The Morgan fingerprint density at radius 3 is 2.00 bits per heavy atom. The summed E-state index contributed by atoms with van der Waals surface area (Å²) < 4.78 is 23.8. The molecule has 8 heteroatoms. The number of hydrogen-bond acceptors (Lipinski definition) is 3. The van der Waals surface area contributed by atoms with Crippen LogP contribution in [0.1, 0.15) is 16.7 Å². The van der Waals surface area contributed by atoms with Crippen molar-refractivity contribution in [2.45, 2.75) is 24.1 Å². The summed E-state index contributed by atoms with van der Waals surface area (Å²) in [5.41, 5.74) is 4.72. The van der Waals surface area contributed by atoms with Crippen LogP contribution in [0.2, 0.25) is 0 Å². The molecule has 6 nitrogen and oxygen atoms in total. The molecule has 0 fully saturated rings. The third-order valence-electron chi connectivity index (χ3n) is 4.25. The molecule has 3 aromatic rings. The fourth-order valence-electron chi connectivity index (χ4n) is 2.92. The van der Waals surface area contributed by atoms with Crippen molar-refractivity contribution < 1.29 is 13.2 Å². The second-order valence-corrected chi connectivity index (χ2v) is 10.7. The number of carbonyl (C=O) groups excluding carboxylic acids is 1. The molecule has 30 heavy (non-hydrogen) atoms. The van der Waals surface area contributed by atoms with Gasteiger partial charge in [-0.1, -0.05) is 0 Å². The summed E-state index contributed by atoms with van der Waals surface area (Å²) in [6.45, 7) is 3.98. The Morgan fingerprint density at radius 2 is 1.43 bits per heavy atom. The van der Waals surface area contributed by atoms with E-state index in [2.05, 4.69) is 16.7 Å². The van der Waals surface area contributed by atoms with Crippen LogP contribution in [0.25, 0.3) is 0 Å². The van der Waals surface area contributed by atoms with Crippen molar-refractivity contribution in [3.05, 3.63) is 83.4 Å². The number of nitrogens with two attached hydrogens (primary N) is 1. The average Bonchev–Trinajstić information content (AvgIpc) is 2.66. The van der Waals surface area contributed by atoms with E-state index in [0.717, 1.165) is 27.7 Å². The topological polar surface area (TPSA) is 101 Å². The second kappa shape index (κ2) is 9.45. The first-order valence-corrected chi connectivity index (χ1v) is 12.8. The van der Waals surface area contributed by atoms with Crippen molar-refractivity contribution in [3.63, 3.8) is 0 Å². The minimum atomic E-state index is -3.66. The van der Waals surface area contributed by atoms with Crippen LogP contribution < -0.4 is 20.2 Å². The summed E-state index contributed by atoms with van der Waals surface area (Å²) in [5, 5.41) is 11.6. The molecule has 3 aromatic carbocycles. The number of hydrogen-bond donors (Lipinski definition) is 3. The molecule has 0 atom stereocenters. The van der Waals surface area contributed by atoms with Gasteiger partial charge in [0.2, 0.25) is 0 Å². The molecule has 0 bridgehead atoms. The van der Waals surface area contributed by atoms with Crippen LogP contribution in [0, 0.1) is 13.8 Å². The predicted octanol–water partition coefficient (Wildman–Crippen LogP) is 3.12. The SMILES string of the molecule is Cc1cc(C)cc(NC(=O)Nc2ccc([Se]Cc3ccc(S(N)(=O)=O)cc3)cc2)c1. The summed E-state index contributed by atoms with van der Waals surface area (Å²) >= 11 is 0.184. The number of anilines is 2. The Morgan fingerprint density at radius 1 is 0.867 bits per heavy atom. The van der Waals surface area contributed by atoms with Crippen molar-refractivity contribution in [1.29, 1.82) is 0 Å². The summed E-state index contributed by atoms with van der Waals surface area (Å²) in [5.74, 6) is 0. The zero-order valence-corrected chi connectivity index (χ0v) is 19.2. The summed E-state index contributed by atoms with van der Waals surface area (Å²) in [7, 11) is -3.66. The van der Waals surface area contributed by atoms with Gasteiger partial charge in [-0.2, -0.15) is 0 Å². The molecule has 0 radical (unpaired) electrons. The van der Waals surface area contributed by atoms with Gasteiger partial charge < -0.3 is 0 Å². The van der Waals surface area contributed by atoms with Gasteiger partial charge in [-0.15, -0.1) is 0 Å². The predicted molar refractivity (Wildman–Crippen MR) is 122 cm³/mol. The zero-order valence-electron chi connectivity index (χ0n) is 16.7. The third-order valence-corrected chi connectivity index (χ3v) is 7.45. The first kappa shape index (κ1) is 22.1. The van der Waals surface area contributed by atoms with Gasteiger partial charge in [-0.05, 0) is 0 Å². The molecule has 0 aliphatic heterocycles. The van der Waals surface area contributed by atoms with Crippen molar-refractivity contribution in [2.75, 3.05) is 10.6 Å². The van der Waals surface area contributed by atoms with E-state index in [-0.39, 0.29) is 25.9 Å². The molecule has 3 rings (SSSR count). The molecule has 0 aliphatic carbocycles. The number of carbonyl (C=O) groups is 1. The maximum atomic E-state index is 12.2. The van der Waals surface area contributed by atoms with Crippen LogP contribution >= 0.6 is 0 Å². The molecule has 0 unspecified atom stereocenters. The van der Waals surface area contributed by atoms with Crippen molar-refractivity contribution in [1.82, 2.24) is 0 Å². The first-order valence-electron chi connectivity index (χ1n) is 9.20. The standard InChI is InChI=1S/C22H23N3O3SSe/c1-15-11-16(2)13-19(12-15)25-22(26)24-18-5-9-21(10-6-18)30-14-17-3-7-20(8-4-17)29(23,27)28/h3-13H,14H2,1-2H3,(H2,23,27,28)(H2,24,25,26). The molecule has 0 heterocycles. The van der Waals surface area contributed by atoms with Crippen LogP contribution in [0.5, 0.6) is 0 Å². The molecule has 4 N–H and O–H groups in total. The number of primary sulfonamides is 1. The van der Waals surface area contributed by atoms with Crippen LogP contribution in [-0.2, 0) is 15.3 Å². The van der Waals surface area contributed by atoms with Gasteiger partial charge in [0.15, 0.2) is 0 Å². The molecular formula is C22H23N3O3SSe. The fraction of sp³-hybridized carbons (Fsp3) is 0.136. The van der Waals surface area contributed by atoms with Gasteiger partial charge in [0.25, 0.3) is 0 Å². The number of aryl methyl sites for hydroxylation is 2. The van der Waals surface area contributed by atoms with Gasteiger partial charge >= 0.3 is 183 Å². The van der Waals surface area contributed by atoms with Crippen molar-refractivity contribution in [3.8, 4) is 0 Å². The molecule has 0 saturated heterocycles. The Bertz CT molecular complexity index is 1130. The van der Waals surface area contributed by atoms with Gasteiger partial charge in [0.1, 0.15) is 0 Å². The van der Waals surface area contributed by atoms with Gasteiger partial charge in [0, 0.05) is 0 Å². The number of urea groups is 1. The van der Waals surface area contributed by atoms with E-state index in [0.29, 0.717) is 5.69 Å². The molecule has 0 aromatic heterocycles. The van der Waals surface area contributed by atoms with E-state index in [1.54, 1.807) is 12.1 Å². The van der Waals surface area contributed by atoms with Crippen molar-refractivity contribution >= 4 is 46.8 Å². The Balaban J connectivity index is 1.53. The van der Waals surface area contributed by atoms with E-state index >= 15 is 0 Å². The number of rotatable bonds is 6. The van der Waals surface area contributed by atoms with Crippen LogP contribution in [-0.4, -0.2) is 29.4 Å². The molecule has 156 valence electrons. The number of sulfonamides is 1. The third kappa shape index (κ3) is 6.43. The van der Waals surface area contributed by atoms with Crippen LogP contribution in [0.3, 0.4) is 0 Å². The van der Waals surface area contributed by atoms with Crippen LogP contribution in [0.4, 0.5) is 16.2 Å². The van der Waals surface area contributed by atoms with E-state index in [9.17, 15) is 13.2 Å². The van der Waals surface area contributed by atoms with Crippen molar-refractivity contribution in [2.24, 2.45) is 5.14 Å². The quantitative estimate of drug-likeness (QED) is 0.465. The normalized spacial score (nSPS) is 11.2. The summed E-state index contributed by atoms with van der Waals surface area (Å²) in [4.78, 5) is 12.3. The fourth-order valence-corrected chi connectivity index (χ4v) is 5.22. The Labute approximate surface area is 183 Å². The second-order valence-electron chi connectivity index (χ2n) is 6.96. The monoisotopic (exact) mass is 489 g/mol. The molecule has 2 amide bonds. The Kier molecular flexibility index (Phi) is 6.95. The molecule has 0 aliphatic rings. The molecule has 0 saturated carbocycles. The van der Waals surface area contributed by atoms with E-state index in [1.807, 2.05) is 50.2 Å². The maximum absolute atomic E-state index is 12.2.